The molecule has 72 valence electrons. The van der Waals surface area contributed by atoms with Crippen LogP contribution in [0.2, 0.25) is 5.02 Å². The maximum absolute atomic E-state index is 11.0. The van der Waals surface area contributed by atoms with Gasteiger partial charge in [-0.3, -0.25) is 0 Å². The molecule has 0 radical (unpaired) electrons. The summed E-state index contributed by atoms with van der Waals surface area (Å²) in [7, 11) is -3.42. The molecule has 1 aromatic carbocycles. The first-order chi connectivity index (χ1) is 5.82. The Kier molecular flexibility index (Phi) is 2.40. The molecular formula is C7H7ClO4S. The van der Waals surface area contributed by atoms with Crippen LogP contribution in [-0.4, -0.2) is 24.9 Å². The molecule has 6 heteroatoms. The van der Waals surface area contributed by atoms with Gasteiger partial charge in [0.1, 0.15) is 0 Å². The predicted molar refractivity (Wildman–Crippen MR) is 47.9 cm³/mol. The van der Waals surface area contributed by atoms with E-state index in [0.29, 0.717) is 0 Å². The molecule has 0 atom stereocenters. The molecule has 0 heterocycles. The van der Waals surface area contributed by atoms with Crippen LogP contribution in [0.4, 0.5) is 0 Å². The Balaban J connectivity index is 3.47. The van der Waals surface area contributed by atoms with Crippen molar-refractivity contribution in [2.24, 2.45) is 0 Å². The van der Waals surface area contributed by atoms with Crippen molar-refractivity contribution >= 4 is 21.4 Å². The fraction of sp³-hybridized carbons (Fsp3) is 0.143. The van der Waals surface area contributed by atoms with Crippen LogP contribution in [0.3, 0.4) is 0 Å². The molecule has 4 nitrogen and oxygen atoms in total. The van der Waals surface area contributed by atoms with Crippen molar-refractivity contribution in [3.8, 4) is 11.5 Å². The van der Waals surface area contributed by atoms with Crippen LogP contribution >= 0.6 is 11.6 Å². The lowest BCUT2D eigenvalue weighted by Crippen LogP contribution is -1.96. The highest BCUT2D eigenvalue weighted by atomic mass is 35.5. The standard InChI is InChI=1S/C7H7ClO4S/c1-13(11,12)4-2-5(8)7(10)6(9)3-4/h2-3,9-10H,1H3. The number of rotatable bonds is 1. The first kappa shape index (κ1) is 10.1. The molecular weight excluding hydrogens is 216 g/mol. The van der Waals surface area contributed by atoms with Crippen LogP contribution in [0.25, 0.3) is 0 Å². The summed E-state index contributed by atoms with van der Waals surface area (Å²) in [5.74, 6) is -1.07. The van der Waals surface area contributed by atoms with Gasteiger partial charge in [0.05, 0.1) is 9.92 Å². The van der Waals surface area contributed by atoms with Gasteiger partial charge in [0.15, 0.2) is 21.3 Å². The first-order valence-corrected chi connectivity index (χ1v) is 5.51. The van der Waals surface area contributed by atoms with Gasteiger partial charge in [-0.2, -0.15) is 0 Å². The number of sulfone groups is 1. The third-order valence-corrected chi connectivity index (χ3v) is 2.83. The van der Waals surface area contributed by atoms with E-state index in [1.165, 1.54) is 0 Å². The maximum Gasteiger partial charge on any atom is 0.176 e. The molecule has 0 bridgehead atoms. The molecule has 0 amide bonds. The van der Waals surface area contributed by atoms with Crippen LogP contribution in [0.1, 0.15) is 0 Å². The number of phenolic OH excluding ortho intramolecular Hbond substituents is 2. The molecule has 0 saturated carbocycles. The van der Waals surface area contributed by atoms with Crippen molar-refractivity contribution in [2.75, 3.05) is 6.26 Å². The molecule has 1 aromatic rings. The zero-order valence-electron chi connectivity index (χ0n) is 6.65. The van der Waals surface area contributed by atoms with Crippen LogP contribution < -0.4 is 0 Å². The van der Waals surface area contributed by atoms with Crippen LogP contribution in [0.5, 0.6) is 11.5 Å². The number of phenols is 2. The molecule has 0 aromatic heterocycles. The Morgan fingerprint density at radius 3 is 2.23 bits per heavy atom. The van der Waals surface area contributed by atoms with Crippen molar-refractivity contribution in [1.82, 2.24) is 0 Å². The molecule has 0 saturated heterocycles. The molecule has 1 rings (SSSR count). The number of hydrogen-bond acceptors (Lipinski definition) is 4. The van der Waals surface area contributed by atoms with E-state index >= 15 is 0 Å². The van der Waals surface area contributed by atoms with Crippen molar-refractivity contribution in [1.29, 1.82) is 0 Å². The summed E-state index contributed by atoms with van der Waals surface area (Å²) in [4.78, 5) is -0.132. The van der Waals surface area contributed by atoms with Crippen LogP contribution in [0.15, 0.2) is 17.0 Å². The second kappa shape index (κ2) is 3.08. The van der Waals surface area contributed by atoms with Gasteiger partial charge >= 0.3 is 0 Å². The second-order valence-electron chi connectivity index (χ2n) is 2.54. The Morgan fingerprint density at radius 2 is 1.85 bits per heavy atom. The summed E-state index contributed by atoms with van der Waals surface area (Å²) in [6, 6.07) is 2.02. The smallest absolute Gasteiger partial charge is 0.176 e. The Morgan fingerprint density at radius 1 is 1.31 bits per heavy atom. The van der Waals surface area contributed by atoms with Gasteiger partial charge < -0.3 is 10.2 Å². The minimum atomic E-state index is -3.42. The number of benzene rings is 1. The quantitative estimate of drug-likeness (QED) is 0.700. The van der Waals surface area contributed by atoms with Gasteiger partial charge in [-0.1, -0.05) is 11.6 Å². The van der Waals surface area contributed by atoms with Crippen molar-refractivity contribution in [2.45, 2.75) is 4.90 Å². The molecule has 0 aliphatic heterocycles. The van der Waals surface area contributed by atoms with Gasteiger partial charge in [-0.05, 0) is 6.07 Å². The number of aromatic hydroxyl groups is 2. The molecule has 0 aliphatic carbocycles. The van der Waals surface area contributed by atoms with E-state index in [2.05, 4.69) is 0 Å². The summed E-state index contributed by atoms with van der Waals surface area (Å²) >= 11 is 5.45. The lowest BCUT2D eigenvalue weighted by Gasteiger charge is -2.03. The largest absolute Gasteiger partial charge is 0.504 e. The maximum atomic E-state index is 11.0. The van der Waals surface area contributed by atoms with E-state index in [-0.39, 0.29) is 9.92 Å². The van der Waals surface area contributed by atoms with E-state index in [1.54, 1.807) is 0 Å². The van der Waals surface area contributed by atoms with Crippen molar-refractivity contribution in [3.63, 3.8) is 0 Å². The van der Waals surface area contributed by atoms with Crippen LogP contribution in [-0.2, 0) is 9.84 Å². The van der Waals surface area contributed by atoms with E-state index in [0.717, 1.165) is 18.4 Å². The van der Waals surface area contributed by atoms with Gasteiger partial charge in [0.2, 0.25) is 0 Å². The van der Waals surface area contributed by atoms with E-state index in [1.807, 2.05) is 0 Å². The third-order valence-electron chi connectivity index (χ3n) is 1.44. The van der Waals surface area contributed by atoms with E-state index in [4.69, 9.17) is 21.8 Å². The average molecular weight is 223 g/mol. The van der Waals surface area contributed by atoms with Gasteiger partial charge in [0.25, 0.3) is 0 Å². The summed E-state index contributed by atoms with van der Waals surface area (Å²) in [5, 5.41) is 17.9. The predicted octanol–water partition coefficient (Wildman–Crippen LogP) is 1.15. The SMILES string of the molecule is CS(=O)(=O)c1cc(O)c(O)c(Cl)c1. The topological polar surface area (TPSA) is 74.6 Å². The highest BCUT2D eigenvalue weighted by Gasteiger charge is 2.13. The summed E-state index contributed by atoms with van der Waals surface area (Å²) in [6.45, 7) is 0. The van der Waals surface area contributed by atoms with Crippen molar-refractivity contribution in [3.05, 3.63) is 17.2 Å². The fourth-order valence-electron chi connectivity index (χ4n) is 0.774. The molecule has 0 aliphatic rings. The number of halogens is 1. The van der Waals surface area contributed by atoms with Crippen molar-refractivity contribution < 1.29 is 18.6 Å². The van der Waals surface area contributed by atoms with Gasteiger partial charge in [0, 0.05) is 12.3 Å². The summed E-state index contributed by atoms with van der Waals surface area (Å²) < 4.78 is 22.0. The Labute approximate surface area is 80.3 Å². The van der Waals surface area contributed by atoms with Gasteiger partial charge in [-0.25, -0.2) is 8.42 Å². The molecule has 13 heavy (non-hydrogen) atoms. The highest BCUT2D eigenvalue weighted by molar-refractivity contribution is 7.90. The van der Waals surface area contributed by atoms with Gasteiger partial charge in [-0.15, -0.1) is 0 Å². The minimum absolute atomic E-state index is 0.132. The zero-order chi connectivity index (χ0) is 10.2. The normalized spacial score (nSPS) is 11.5. The van der Waals surface area contributed by atoms with E-state index in [9.17, 15) is 8.42 Å². The lowest BCUT2D eigenvalue weighted by molar-refractivity contribution is 0.402. The lowest BCUT2D eigenvalue weighted by atomic mass is 10.3. The molecule has 0 fully saturated rings. The second-order valence-corrected chi connectivity index (χ2v) is 4.97. The monoisotopic (exact) mass is 222 g/mol. The number of hydrogen-bond donors (Lipinski definition) is 2. The summed E-state index contributed by atoms with van der Waals surface area (Å²) in [5.41, 5.74) is 0. The third kappa shape index (κ3) is 2.05. The Bertz CT molecular complexity index is 415. The summed E-state index contributed by atoms with van der Waals surface area (Å²) in [6.07, 6.45) is 0.981. The molecule has 2 N–H and O–H groups in total. The highest BCUT2D eigenvalue weighted by Crippen LogP contribution is 2.35. The zero-order valence-corrected chi connectivity index (χ0v) is 8.22. The Hall–Kier alpha value is -0.940. The average Bonchev–Trinajstić information content (AvgIpc) is 1.97. The van der Waals surface area contributed by atoms with E-state index < -0.39 is 21.3 Å². The molecule has 0 unspecified atom stereocenters. The van der Waals surface area contributed by atoms with Crippen LogP contribution in [0, 0.1) is 0 Å². The fourth-order valence-corrected chi connectivity index (χ4v) is 1.71. The molecule has 0 spiro atoms. The first-order valence-electron chi connectivity index (χ1n) is 3.24. The minimum Gasteiger partial charge on any atom is -0.504 e.